The Kier molecular flexibility index (Phi) is 4.76. The summed E-state index contributed by atoms with van der Waals surface area (Å²) in [6.45, 7) is 6.88. The van der Waals surface area contributed by atoms with Crippen molar-refractivity contribution in [2.24, 2.45) is 11.3 Å². The van der Waals surface area contributed by atoms with Crippen LogP contribution in [0.15, 0.2) is 34.9 Å². The zero-order valence-electron chi connectivity index (χ0n) is 16.4. The molecule has 1 atom stereocenters. The maximum Gasteiger partial charge on any atom is 0.257 e. The number of likely N-dealkylation sites (tertiary alicyclic amines) is 2. The Morgan fingerprint density at radius 3 is 2.59 bits per heavy atom. The van der Waals surface area contributed by atoms with Gasteiger partial charge in [0.25, 0.3) is 5.89 Å². The Bertz CT molecular complexity index is 794. The lowest BCUT2D eigenvalue weighted by atomic mass is 9.77. The normalized spacial score (nSPS) is 21.8. The minimum Gasteiger partial charge on any atom is -0.341 e. The quantitative estimate of drug-likeness (QED) is 0.810. The van der Waals surface area contributed by atoms with Gasteiger partial charge < -0.3 is 9.42 Å². The van der Waals surface area contributed by atoms with E-state index in [-0.39, 0.29) is 17.4 Å². The molecule has 27 heavy (non-hydrogen) atoms. The van der Waals surface area contributed by atoms with Gasteiger partial charge in [0.15, 0.2) is 5.82 Å². The van der Waals surface area contributed by atoms with Gasteiger partial charge in [-0.05, 0) is 38.4 Å². The molecule has 1 aromatic heterocycles. The van der Waals surface area contributed by atoms with Gasteiger partial charge in [0.1, 0.15) is 0 Å². The van der Waals surface area contributed by atoms with Crippen LogP contribution in [0.3, 0.4) is 0 Å². The highest BCUT2D eigenvalue weighted by atomic mass is 16.5. The molecule has 2 saturated heterocycles. The third-order valence-corrected chi connectivity index (χ3v) is 6.20. The smallest absolute Gasteiger partial charge is 0.257 e. The van der Waals surface area contributed by atoms with E-state index < -0.39 is 0 Å². The zero-order chi connectivity index (χ0) is 19.0. The molecule has 1 unspecified atom stereocenters. The molecule has 0 aliphatic carbocycles. The Balaban J connectivity index is 1.43. The van der Waals surface area contributed by atoms with Crippen LogP contribution < -0.4 is 0 Å². The average molecular weight is 368 g/mol. The monoisotopic (exact) mass is 368 g/mol. The topological polar surface area (TPSA) is 62.5 Å². The van der Waals surface area contributed by atoms with Gasteiger partial charge in [0.2, 0.25) is 5.91 Å². The van der Waals surface area contributed by atoms with Gasteiger partial charge in [-0.1, -0.05) is 37.2 Å². The molecular formula is C21H28N4O2. The number of rotatable bonds is 5. The van der Waals surface area contributed by atoms with E-state index in [1.165, 1.54) is 0 Å². The van der Waals surface area contributed by atoms with Crippen LogP contribution in [0.1, 0.15) is 45.0 Å². The summed E-state index contributed by atoms with van der Waals surface area (Å²) in [5.74, 6) is 1.81. The number of aromatic nitrogens is 2. The molecule has 3 heterocycles. The summed E-state index contributed by atoms with van der Waals surface area (Å²) in [4.78, 5) is 21.6. The second-order valence-electron chi connectivity index (χ2n) is 8.17. The number of hydrogen-bond donors (Lipinski definition) is 0. The van der Waals surface area contributed by atoms with Crippen molar-refractivity contribution in [2.75, 3.05) is 26.7 Å². The lowest BCUT2D eigenvalue weighted by molar-refractivity contribution is -0.147. The van der Waals surface area contributed by atoms with Gasteiger partial charge in [-0.2, -0.15) is 4.98 Å². The molecule has 144 valence electrons. The molecule has 6 nitrogen and oxygen atoms in total. The molecule has 2 aromatic rings. The predicted octanol–water partition coefficient (Wildman–Crippen LogP) is 3.38. The third kappa shape index (κ3) is 3.27. The first-order valence-corrected chi connectivity index (χ1v) is 9.93. The van der Waals surface area contributed by atoms with Crippen molar-refractivity contribution in [3.8, 4) is 11.5 Å². The highest BCUT2D eigenvalue weighted by Crippen LogP contribution is 2.47. The number of carbonyl (C=O) groups excluding carboxylic acids is 1. The Labute approximate surface area is 160 Å². The molecule has 1 amide bonds. The van der Waals surface area contributed by atoms with Gasteiger partial charge in [-0.25, -0.2) is 0 Å². The van der Waals surface area contributed by atoms with E-state index in [9.17, 15) is 4.79 Å². The first-order valence-electron chi connectivity index (χ1n) is 9.93. The highest BCUT2D eigenvalue weighted by Gasteiger charge is 2.53. The molecule has 2 aliphatic heterocycles. The molecule has 4 rings (SSSR count). The first-order chi connectivity index (χ1) is 13.0. The summed E-state index contributed by atoms with van der Waals surface area (Å²) < 4.78 is 5.50. The molecule has 2 aliphatic rings. The van der Waals surface area contributed by atoms with Crippen LogP contribution in [0, 0.1) is 11.3 Å². The molecule has 0 N–H and O–H groups in total. The third-order valence-electron chi connectivity index (χ3n) is 6.20. The second kappa shape index (κ2) is 7.08. The predicted molar refractivity (Wildman–Crippen MR) is 103 cm³/mol. The van der Waals surface area contributed by atoms with Gasteiger partial charge in [-0.15, -0.1) is 0 Å². The van der Waals surface area contributed by atoms with Crippen molar-refractivity contribution in [1.82, 2.24) is 19.9 Å². The van der Waals surface area contributed by atoms with Crippen molar-refractivity contribution in [2.45, 2.75) is 39.2 Å². The summed E-state index contributed by atoms with van der Waals surface area (Å²) in [6, 6.07) is 10.0. The van der Waals surface area contributed by atoms with E-state index >= 15 is 0 Å². The van der Waals surface area contributed by atoms with E-state index in [0.717, 1.165) is 50.3 Å². The summed E-state index contributed by atoms with van der Waals surface area (Å²) in [6.07, 6.45) is 2.82. The molecule has 0 radical (unpaired) electrons. The fourth-order valence-corrected chi connectivity index (χ4v) is 4.67. The Morgan fingerprint density at radius 1 is 1.22 bits per heavy atom. The van der Waals surface area contributed by atoms with Crippen LogP contribution >= 0.6 is 0 Å². The second-order valence-corrected chi connectivity index (χ2v) is 8.17. The number of hydrogen-bond acceptors (Lipinski definition) is 5. The fraction of sp³-hybridized carbons (Fsp3) is 0.571. The molecule has 0 saturated carbocycles. The van der Waals surface area contributed by atoms with Crippen LogP contribution in [0.25, 0.3) is 11.5 Å². The molecule has 1 aromatic carbocycles. The van der Waals surface area contributed by atoms with Crippen molar-refractivity contribution in [3.63, 3.8) is 0 Å². The lowest BCUT2D eigenvalue weighted by Gasteiger charge is -2.49. The minimum absolute atomic E-state index is 0.150. The highest BCUT2D eigenvalue weighted by molar-refractivity contribution is 5.79. The maximum absolute atomic E-state index is 12.6. The van der Waals surface area contributed by atoms with Gasteiger partial charge in [0, 0.05) is 36.5 Å². The van der Waals surface area contributed by atoms with Gasteiger partial charge >= 0.3 is 0 Å². The summed E-state index contributed by atoms with van der Waals surface area (Å²) in [5, 5.41) is 4.25. The number of benzene rings is 1. The minimum atomic E-state index is 0.150. The SMILES string of the molecule is CCC(CC)C(=O)N1CC2(CC(c3noc(-c4ccccc4)n3)N(C)C2)C1. The molecule has 6 heteroatoms. The van der Waals surface area contributed by atoms with Gasteiger partial charge in [-0.3, -0.25) is 9.69 Å². The first kappa shape index (κ1) is 18.2. The van der Waals surface area contributed by atoms with E-state index in [0.29, 0.717) is 11.8 Å². The van der Waals surface area contributed by atoms with E-state index in [2.05, 4.69) is 35.9 Å². The van der Waals surface area contributed by atoms with Crippen LogP contribution in [0.2, 0.25) is 0 Å². The Morgan fingerprint density at radius 2 is 1.93 bits per heavy atom. The maximum atomic E-state index is 12.6. The summed E-state index contributed by atoms with van der Waals surface area (Å²) >= 11 is 0. The van der Waals surface area contributed by atoms with Crippen molar-refractivity contribution in [1.29, 1.82) is 0 Å². The van der Waals surface area contributed by atoms with Crippen LogP contribution in [-0.2, 0) is 4.79 Å². The van der Waals surface area contributed by atoms with E-state index in [4.69, 9.17) is 4.52 Å². The van der Waals surface area contributed by atoms with Crippen LogP contribution in [-0.4, -0.2) is 52.5 Å². The average Bonchev–Trinajstić information content (AvgIpc) is 3.27. The lowest BCUT2D eigenvalue weighted by Crippen LogP contribution is -2.60. The summed E-state index contributed by atoms with van der Waals surface area (Å²) in [5.41, 5.74) is 1.12. The Hall–Kier alpha value is -2.21. The molecule has 2 fully saturated rings. The molecular weight excluding hydrogens is 340 g/mol. The van der Waals surface area contributed by atoms with E-state index in [1.54, 1.807) is 0 Å². The summed E-state index contributed by atoms with van der Waals surface area (Å²) in [7, 11) is 2.11. The molecule has 1 spiro atoms. The standard InChI is InChI=1S/C21H28N4O2/c1-4-15(5-2)20(26)25-13-21(14-25)11-17(24(3)12-21)18-22-19(27-23-18)16-9-7-6-8-10-16/h6-10,15,17H,4-5,11-14H2,1-3H3. The van der Waals surface area contributed by atoms with Crippen molar-refractivity contribution < 1.29 is 9.32 Å². The number of nitrogens with zero attached hydrogens (tertiary/aromatic N) is 4. The van der Waals surface area contributed by atoms with Crippen molar-refractivity contribution >= 4 is 5.91 Å². The fourth-order valence-electron chi connectivity index (χ4n) is 4.67. The zero-order valence-corrected chi connectivity index (χ0v) is 16.4. The molecule has 0 bridgehead atoms. The largest absolute Gasteiger partial charge is 0.341 e. The van der Waals surface area contributed by atoms with Crippen molar-refractivity contribution in [3.05, 3.63) is 36.2 Å². The van der Waals surface area contributed by atoms with Crippen LogP contribution in [0.4, 0.5) is 0 Å². The number of amides is 1. The van der Waals surface area contributed by atoms with Gasteiger partial charge in [0.05, 0.1) is 6.04 Å². The van der Waals surface area contributed by atoms with E-state index in [1.807, 2.05) is 35.2 Å². The number of carbonyl (C=O) groups is 1. The van der Waals surface area contributed by atoms with Crippen LogP contribution in [0.5, 0.6) is 0 Å².